The van der Waals surface area contributed by atoms with E-state index in [0.29, 0.717) is 0 Å². The Morgan fingerprint density at radius 3 is 2.57 bits per heavy atom. The Morgan fingerprint density at radius 1 is 1.86 bits per heavy atom. The average Bonchev–Trinajstić information content (AvgIpc) is 1.68. The molecule has 0 rings (SSSR count). The highest BCUT2D eigenvalue weighted by Crippen LogP contribution is 2.09. The van der Waals surface area contributed by atoms with E-state index in [0.717, 1.165) is 17.9 Å². The molecule has 0 N–H and O–H groups in total. The molecule has 0 unspecified atom stereocenters. The molecule has 0 bridgehead atoms. The molecule has 42 valence electrons. The summed E-state index contributed by atoms with van der Waals surface area (Å²) in [5, 5.41) is 2.47. The van der Waals surface area contributed by atoms with Crippen LogP contribution in [0.1, 0.15) is 19.8 Å². The molecule has 0 radical (unpaired) electrons. The molecule has 0 aromatic carbocycles. The smallest absolute Gasteiger partial charge is 0.0241 e. The Labute approximate surface area is 55.0 Å². The zero-order valence-electron chi connectivity index (χ0n) is 4.32. The molecule has 0 amide bonds. The van der Waals surface area contributed by atoms with E-state index in [4.69, 9.17) is 11.6 Å². The molecule has 0 aromatic rings. The van der Waals surface area contributed by atoms with Gasteiger partial charge in [0.05, 0.1) is 0 Å². The van der Waals surface area contributed by atoms with Gasteiger partial charge in [-0.1, -0.05) is 24.9 Å². The summed E-state index contributed by atoms with van der Waals surface area (Å²) in [6.07, 6.45) is 2.04. The van der Waals surface area contributed by atoms with Crippen molar-refractivity contribution in [1.82, 2.24) is 0 Å². The number of halogens is 1. The summed E-state index contributed by atoms with van der Waals surface area (Å²) >= 11 is 9.41. The van der Waals surface area contributed by atoms with Crippen molar-refractivity contribution in [2.24, 2.45) is 0 Å². The van der Waals surface area contributed by atoms with Crippen LogP contribution in [0.2, 0.25) is 0 Å². The topological polar surface area (TPSA) is 0 Å². The zero-order chi connectivity index (χ0) is 5.70. The van der Waals surface area contributed by atoms with Gasteiger partial charge in [0.15, 0.2) is 0 Å². The van der Waals surface area contributed by atoms with Crippen molar-refractivity contribution in [2.45, 2.75) is 19.8 Å². The predicted octanol–water partition coefficient (Wildman–Crippen LogP) is 2.80. The van der Waals surface area contributed by atoms with E-state index >= 15 is 0 Å². The van der Waals surface area contributed by atoms with Crippen molar-refractivity contribution >= 4 is 24.2 Å². The van der Waals surface area contributed by atoms with Crippen LogP contribution in [0.4, 0.5) is 0 Å². The van der Waals surface area contributed by atoms with Gasteiger partial charge in [-0.2, -0.15) is 12.6 Å². The van der Waals surface area contributed by atoms with Gasteiger partial charge in [-0.15, -0.1) is 0 Å². The Morgan fingerprint density at radius 2 is 2.43 bits per heavy atom. The van der Waals surface area contributed by atoms with Crippen LogP contribution in [0, 0.1) is 0 Å². The van der Waals surface area contributed by atoms with Crippen LogP contribution < -0.4 is 0 Å². The van der Waals surface area contributed by atoms with Crippen molar-refractivity contribution in [3.63, 3.8) is 0 Å². The maximum absolute atomic E-state index is 5.55. The summed E-state index contributed by atoms with van der Waals surface area (Å²) in [4.78, 5) is 0. The minimum atomic E-state index is 0.839. The number of hydrogen-bond donors (Lipinski definition) is 1. The lowest BCUT2D eigenvalue weighted by molar-refractivity contribution is 0.947. The molecule has 0 aliphatic carbocycles. The second-order valence-electron chi connectivity index (χ2n) is 1.33. The minimum absolute atomic E-state index is 0.839. The average molecular weight is 137 g/mol. The standard InChI is InChI=1S/C5H9ClS/c1-2-3-5(6)4-7/h4,7H,2-3H2,1H3/b5-4+. The van der Waals surface area contributed by atoms with Crippen molar-refractivity contribution in [1.29, 1.82) is 0 Å². The number of rotatable bonds is 2. The van der Waals surface area contributed by atoms with Crippen LogP contribution in [-0.4, -0.2) is 0 Å². The van der Waals surface area contributed by atoms with Crippen LogP contribution in [0.25, 0.3) is 0 Å². The fourth-order valence-electron chi connectivity index (χ4n) is 0.303. The molecule has 0 fully saturated rings. The maximum atomic E-state index is 5.55. The summed E-state index contributed by atoms with van der Waals surface area (Å²) in [6, 6.07) is 0. The van der Waals surface area contributed by atoms with E-state index in [2.05, 4.69) is 19.6 Å². The SMILES string of the molecule is CCC/C(Cl)=C\S. The first kappa shape index (κ1) is 7.38. The number of hydrogen-bond acceptors (Lipinski definition) is 1. The first-order valence-corrected chi connectivity index (χ1v) is 3.19. The van der Waals surface area contributed by atoms with Crippen LogP contribution in [0.5, 0.6) is 0 Å². The lowest BCUT2D eigenvalue weighted by Gasteiger charge is -1.87. The molecule has 0 aliphatic heterocycles. The molecule has 0 saturated carbocycles. The quantitative estimate of drug-likeness (QED) is 0.555. The molecule has 0 saturated heterocycles. The third-order valence-corrected chi connectivity index (χ3v) is 1.39. The van der Waals surface area contributed by atoms with Gasteiger partial charge >= 0.3 is 0 Å². The molecule has 0 nitrogen and oxygen atoms in total. The molecule has 0 aliphatic rings. The summed E-state index contributed by atoms with van der Waals surface area (Å²) in [7, 11) is 0. The Hall–Kier alpha value is 0.380. The van der Waals surface area contributed by atoms with Gasteiger partial charge < -0.3 is 0 Å². The lowest BCUT2D eigenvalue weighted by atomic mass is 10.3. The highest BCUT2D eigenvalue weighted by atomic mass is 35.5. The van der Waals surface area contributed by atoms with Gasteiger partial charge in [-0.05, 0) is 11.8 Å². The molecule has 0 atom stereocenters. The normalized spacial score (nSPS) is 12.1. The zero-order valence-corrected chi connectivity index (χ0v) is 5.97. The number of allylic oxidation sites excluding steroid dienone is 1. The van der Waals surface area contributed by atoms with Crippen molar-refractivity contribution in [2.75, 3.05) is 0 Å². The van der Waals surface area contributed by atoms with Crippen LogP contribution in [-0.2, 0) is 0 Å². The van der Waals surface area contributed by atoms with E-state index in [1.54, 1.807) is 5.41 Å². The first-order chi connectivity index (χ1) is 3.31. The van der Waals surface area contributed by atoms with Crippen LogP contribution in [0.3, 0.4) is 0 Å². The third kappa shape index (κ3) is 4.23. The van der Waals surface area contributed by atoms with Gasteiger partial charge in [-0.3, -0.25) is 0 Å². The molecule has 7 heavy (non-hydrogen) atoms. The third-order valence-electron chi connectivity index (χ3n) is 0.629. The molecular weight excluding hydrogens is 128 g/mol. The van der Waals surface area contributed by atoms with Crippen molar-refractivity contribution in [3.8, 4) is 0 Å². The molecular formula is C5H9ClS. The Bertz CT molecular complexity index is 68.5. The molecule has 2 heteroatoms. The van der Waals surface area contributed by atoms with E-state index in [9.17, 15) is 0 Å². The van der Waals surface area contributed by atoms with Crippen molar-refractivity contribution < 1.29 is 0 Å². The van der Waals surface area contributed by atoms with Crippen LogP contribution in [0.15, 0.2) is 10.4 Å². The van der Waals surface area contributed by atoms with Gasteiger partial charge in [0.25, 0.3) is 0 Å². The highest BCUT2D eigenvalue weighted by molar-refractivity contribution is 7.83. The minimum Gasteiger partial charge on any atom is -0.150 e. The largest absolute Gasteiger partial charge is 0.150 e. The summed E-state index contributed by atoms with van der Waals surface area (Å²) in [5.74, 6) is 0. The predicted molar refractivity (Wildman–Crippen MR) is 37.8 cm³/mol. The molecule has 0 heterocycles. The fourth-order valence-corrected chi connectivity index (χ4v) is 0.621. The second-order valence-corrected chi connectivity index (χ2v) is 2.07. The van der Waals surface area contributed by atoms with E-state index in [1.165, 1.54) is 0 Å². The van der Waals surface area contributed by atoms with E-state index in [1.807, 2.05) is 0 Å². The fraction of sp³-hybridized carbons (Fsp3) is 0.600. The summed E-state index contributed by atoms with van der Waals surface area (Å²) in [6.45, 7) is 2.08. The molecule has 0 aromatic heterocycles. The van der Waals surface area contributed by atoms with E-state index in [-0.39, 0.29) is 0 Å². The van der Waals surface area contributed by atoms with Gasteiger partial charge in [0, 0.05) is 5.03 Å². The van der Waals surface area contributed by atoms with Gasteiger partial charge in [0.1, 0.15) is 0 Å². The summed E-state index contributed by atoms with van der Waals surface area (Å²) in [5.41, 5.74) is 0. The summed E-state index contributed by atoms with van der Waals surface area (Å²) < 4.78 is 0. The maximum Gasteiger partial charge on any atom is 0.0241 e. The second kappa shape index (κ2) is 4.54. The number of thiol groups is 1. The molecule has 0 spiro atoms. The van der Waals surface area contributed by atoms with Gasteiger partial charge in [-0.25, -0.2) is 0 Å². The Balaban J connectivity index is 3.17. The lowest BCUT2D eigenvalue weighted by Crippen LogP contribution is -1.65. The highest BCUT2D eigenvalue weighted by Gasteiger charge is 1.83. The van der Waals surface area contributed by atoms with E-state index < -0.39 is 0 Å². The Kier molecular flexibility index (Phi) is 4.78. The first-order valence-electron chi connectivity index (χ1n) is 2.30. The van der Waals surface area contributed by atoms with Gasteiger partial charge in [0.2, 0.25) is 0 Å². The van der Waals surface area contributed by atoms with Crippen molar-refractivity contribution in [3.05, 3.63) is 10.4 Å². The van der Waals surface area contributed by atoms with Crippen LogP contribution >= 0.6 is 24.2 Å². The monoisotopic (exact) mass is 136 g/mol.